The van der Waals surface area contributed by atoms with Crippen molar-refractivity contribution in [2.24, 2.45) is 0 Å². The Morgan fingerprint density at radius 1 is 1.33 bits per heavy atom. The van der Waals surface area contributed by atoms with E-state index in [0.29, 0.717) is 11.3 Å². The van der Waals surface area contributed by atoms with Crippen LogP contribution < -0.4 is 10.5 Å². The number of aromatic carboxylic acids is 1. The summed E-state index contributed by atoms with van der Waals surface area (Å²) in [4.78, 5) is 14.8. The number of aromatic nitrogens is 1. The largest absolute Gasteiger partial charge is 0.477 e. The van der Waals surface area contributed by atoms with E-state index >= 15 is 0 Å². The van der Waals surface area contributed by atoms with E-state index in [0.717, 1.165) is 11.1 Å². The monoisotopic (exact) mass is 283 g/mol. The first-order valence-electron chi connectivity index (χ1n) is 6.11. The smallest absolute Gasteiger partial charge is 0.354 e. The van der Waals surface area contributed by atoms with Crippen molar-refractivity contribution in [3.05, 3.63) is 46.6 Å². The van der Waals surface area contributed by atoms with E-state index in [-0.39, 0.29) is 17.3 Å². The summed E-state index contributed by atoms with van der Waals surface area (Å²) >= 11 is 0. The lowest BCUT2D eigenvalue weighted by molar-refractivity contribution is 0.0689. The van der Waals surface area contributed by atoms with Crippen molar-refractivity contribution in [1.29, 1.82) is 5.26 Å². The molecule has 0 saturated carbocycles. The number of hydrogen-bond donors (Lipinski definition) is 2. The van der Waals surface area contributed by atoms with E-state index in [4.69, 9.17) is 20.8 Å². The summed E-state index contributed by atoms with van der Waals surface area (Å²) in [7, 11) is 0. The highest BCUT2D eigenvalue weighted by Gasteiger charge is 2.13. The van der Waals surface area contributed by atoms with E-state index in [9.17, 15) is 4.79 Å². The van der Waals surface area contributed by atoms with Crippen molar-refractivity contribution in [1.82, 2.24) is 4.98 Å². The average molecular weight is 283 g/mol. The molecule has 0 atom stereocenters. The minimum absolute atomic E-state index is 0.0332. The number of carboxylic acid groups (broad SMARTS) is 1. The van der Waals surface area contributed by atoms with Crippen LogP contribution in [0.1, 0.15) is 27.2 Å². The van der Waals surface area contributed by atoms with Crippen molar-refractivity contribution in [2.75, 3.05) is 5.73 Å². The van der Waals surface area contributed by atoms with Gasteiger partial charge >= 0.3 is 5.97 Å². The lowest BCUT2D eigenvalue weighted by atomic mass is 10.1. The number of benzene rings is 1. The number of pyridine rings is 1. The van der Waals surface area contributed by atoms with Gasteiger partial charge in [-0.05, 0) is 49.2 Å². The predicted molar refractivity (Wildman–Crippen MR) is 76.3 cm³/mol. The molecule has 2 aromatic rings. The molecule has 0 bridgehead atoms. The Morgan fingerprint density at radius 3 is 2.48 bits per heavy atom. The fourth-order valence-electron chi connectivity index (χ4n) is 1.92. The van der Waals surface area contributed by atoms with Gasteiger partial charge in [0.25, 0.3) is 0 Å². The molecule has 0 aliphatic heterocycles. The van der Waals surface area contributed by atoms with Crippen LogP contribution in [0, 0.1) is 25.2 Å². The number of anilines is 1. The molecular weight excluding hydrogens is 270 g/mol. The molecule has 21 heavy (non-hydrogen) atoms. The van der Waals surface area contributed by atoms with E-state index in [1.165, 1.54) is 12.1 Å². The van der Waals surface area contributed by atoms with Gasteiger partial charge in [0, 0.05) is 0 Å². The summed E-state index contributed by atoms with van der Waals surface area (Å²) in [5.41, 5.74) is 7.86. The number of nitrogens with zero attached hydrogens (tertiary/aromatic N) is 2. The summed E-state index contributed by atoms with van der Waals surface area (Å²) in [5.74, 6) is -0.616. The topological polar surface area (TPSA) is 109 Å². The Morgan fingerprint density at radius 2 is 1.95 bits per heavy atom. The molecule has 1 heterocycles. The van der Waals surface area contributed by atoms with E-state index < -0.39 is 5.97 Å². The van der Waals surface area contributed by atoms with Crippen LogP contribution in [-0.2, 0) is 0 Å². The predicted octanol–water partition coefficient (Wildman–Crippen LogP) is 2.64. The highest BCUT2D eigenvalue weighted by atomic mass is 16.5. The molecule has 0 aliphatic rings. The zero-order valence-electron chi connectivity index (χ0n) is 11.5. The van der Waals surface area contributed by atoms with Gasteiger partial charge in [-0.15, -0.1) is 0 Å². The normalized spacial score (nSPS) is 9.95. The van der Waals surface area contributed by atoms with Gasteiger partial charge in [-0.1, -0.05) is 0 Å². The Bertz CT molecular complexity index is 740. The molecular formula is C15H13N3O3. The van der Waals surface area contributed by atoms with Gasteiger partial charge < -0.3 is 15.6 Å². The Balaban J connectivity index is 2.46. The molecule has 3 N–H and O–H groups in total. The van der Waals surface area contributed by atoms with Crippen molar-refractivity contribution in [3.8, 4) is 17.7 Å². The second-order valence-corrected chi connectivity index (χ2v) is 4.55. The maximum absolute atomic E-state index is 10.9. The number of carboxylic acids is 1. The Hall–Kier alpha value is -3.07. The third kappa shape index (κ3) is 2.92. The van der Waals surface area contributed by atoms with Gasteiger partial charge in [0.2, 0.25) is 5.88 Å². The standard InChI is InChI=1S/C15H13N3O3/c1-8-5-10(7-16)6-9(2)13(8)21-14-11(17)3-4-12(18-14)15(19)20/h3-6H,17H2,1-2H3,(H,19,20). The van der Waals surface area contributed by atoms with Gasteiger partial charge in [0.1, 0.15) is 5.75 Å². The SMILES string of the molecule is Cc1cc(C#N)cc(C)c1Oc1nc(C(=O)O)ccc1N. The van der Waals surface area contributed by atoms with E-state index in [2.05, 4.69) is 11.1 Å². The van der Waals surface area contributed by atoms with Crippen LogP contribution in [0.25, 0.3) is 0 Å². The molecule has 0 fully saturated rings. The summed E-state index contributed by atoms with van der Waals surface area (Å²) in [5, 5.41) is 17.9. The zero-order chi connectivity index (χ0) is 15.6. The molecule has 0 amide bonds. The molecule has 106 valence electrons. The summed E-state index contributed by atoms with van der Waals surface area (Å²) in [6.07, 6.45) is 0. The van der Waals surface area contributed by atoms with Gasteiger partial charge in [0.15, 0.2) is 5.69 Å². The fraction of sp³-hybridized carbons (Fsp3) is 0.133. The number of rotatable bonds is 3. The minimum atomic E-state index is -1.16. The number of nitrogens with two attached hydrogens (primary N) is 1. The number of carbonyl (C=O) groups is 1. The first-order chi connectivity index (χ1) is 9.92. The third-order valence-corrected chi connectivity index (χ3v) is 2.90. The third-order valence-electron chi connectivity index (χ3n) is 2.90. The number of hydrogen-bond acceptors (Lipinski definition) is 5. The number of aryl methyl sites for hydroxylation is 2. The molecule has 6 nitrogen and oxygen atoms in total. The molecule has 0 radical (unpaired) electrons. The lowest BCUT2D eigenvalue weighted by Gasteiger charge is -2.13. The summed E-state index contributed by atoms with van der Waals surface area (Å²) in [6, 6.07) is 8.16. The Labute approximate surface area is 121 Å². The number of nitriles is 1. The first-order valence-corrected chi connectivity index (χ1v) is 6.11. The highest BCUT2D eigenvalue weighted by Crippen LogP contribution is 2.31. The van der Waals surface area contributed by atoms with Crippen LogP contribution in [0.4, 0.5) is 5.69 Å². The molecule has 6 heteroatoms. The van der Waals surface area contributed by atoms with Gasteiger partial charge in [0.05, 0.1) is 17.3 Å². The maximum atomic E-state index is 10.9. The molecule has 0 unspecified atom stereocenters. The first kappa shape index (κ1) is 14.3. The van der Waals surface area contributed by atoms with Gasteiger partial charge in [-0.2, -0.15) is 5.26 Å². The highest BCUT2D eigenvalue weighted by molar-refractivity contribution is 5.86. The van der Waals surface area contributed by atoms with E-state index in [1.54, 1.807) is 26.0 Å². The van der Waals surface area contributed by atoms with Crippen molar-refractivity contribution in [2.45, 2.75) is 13.8 Å². The van der Waals surface area contributed by atoms with Crippen molar-refractivity contribution in [3.63, 3.8) is 0 Å². The fourth-order valence-corrected chi connectivity index (χ4v) is 1.92. The quantitative estimate of drug-likeness (QED) is 0.896. The maximum Gasteiger partial charge on any atom is 0.354 e. The van der Waals surface area contributed by atoms with Crippen LogP contribution in [0.2, 0.25) is 0 Å². The molecule has 2 rings (SSSR count). The number of nitrogen functional groups attached to an aromatic ring is 1. The average Bonchev–Trinajstić information content (AvgIpc) is 2.44. The van der Waals surface area contributed by atoms with Gasteiger partial charge in [-0.25, -0.2) is 9.78 Å². The van der Waals surface area contributed by atoms with Gasteiger partial charge in [-0.3, -0.25) is 0 Å². The van der Waals surface area contributed by atoms with Crippen LogP contribution in [-0.4, -0.2) is 16.1 Å². The van der Waals surface area contributed by atoms with Crippen LogP contribution >= 0.6 is 0 Å². The Kier molecular flexibility index (Phi) is 3.76. The second-order valence-electron chi connectivity index (χ2n) is 4.55. The molecule has 0 aliphatic carbocycles. The van der Waals surface area contributed by atoms with Crippen LogP contribution in [0.3, 0.4) is 0 Å². The van der Waals surface area contributed by atoms with Crippen molar-refractivity contribution < 1.29 is 14.6 Å². The molecule has 1 aromatic heterocycles. The number of ether oxygens (including phenoxy) is 1. The lowest BCUT2D eigenvalue weighted by Crippen LogP contribution is -2.04. The van der Waals surface area contributed by atoms with Crippen molar-refractivity contribution >= 4 is 11.7 Å². The van der Waals surface area contributed by atoms with Crippen LogP contribution in [0.5, 0.6) is 11.6 Å². The van der Waals surface area contributed by atoms with Crippen LogP contribution in [0.15, 0.2) is 24.3 Å². The minimum Gasteiger partial charge on any atom is -0.477 e. The van der Waals surface area contributed by atoms with E-state index in [1.807, 2.05) is 0 Å². The summed E-state index contributed by atoms with van der Waals surface area (Å²) < 4.78 is 5.65. The molecule has 1 aromatic carbocycles. The summed E-state index contributed by atoms with van der Waals surface area (Å²) in [6.45, 7) is 3.58. The second kappa shape index (κ2) is 5.51. The molecule has 0 spiro atoms. The molecule has 0 saturated heterocycles. The zero-order valence-corrected chi connectivity index (χ0v) is 11.5.